The summed E-state index contributed by atoms with van der Waals surface area (Å²) < 4.78 is 77.6. The minimum Gasteiger partial charge on any atom is -0.480 e. The van der Waals surface area contributed by atoms with Crippen molar-refractivity contribution in [3.05, 3.63) is 82.4 Å². The lowest BCUT2D eigenvalue weighted by Gasteiger charge is -2.41. The van der Waals surface area contributed by atoms with Crippen LogP contribution in [0.15, 0.2) is 65.6 Å². The van der Waals surface area contributed by atoms with E-state index in [1.807, 2.05) is 0 Å². The second kappa shape index (κ2) is 8.18. The number of benzene rings is 3. The van der Waals surface area contributed by atoms with Crippen LogP contribution in [0.2, 0.25) is 5.02 Å². The molecule has 0 saturated carbocycles. The Labute approximate surface area is 205 Å². The van der Waals surface area contributed by atoms with Gasteiger partial charge in [0, 0.05) is 5.92 Å². The molecule has 1 aromatic heterocycles. The number of hydrogen-bond acceptors (Lipinski definition) is 6. The summed E-state index contributed by atoms with van der Waals surface area (Å²) in [5.41, 5.74) is -0.920. The van der Waals surface area contributed by atoms with Crippen LogP contribution in [-0.2, 0) is 21.0 Å². The van der Waals surface area contributed by atoms with Gasteiger partial charge in [-0.05, 0) is 41.5 Å². The molecule has 0 bridgehead atoms. The van der Waals surface area contributed by atoms with Crippen LogP contribution in [0.3, 0.4) is 0 Å². The van der Waals surface area contributed by atoms with E-state index in [4.69, 9.17) is 11.6 Å². The predicted octanol–water partition coefficient (Wildman–Crippen LogP) is 5.16. The fourth-order valence-electron chi connectivity index (χ4n) is 4.37. The van der Waals surface area contributed by atoms with Crippen LogP contribution < -0.4 is 4.31 Å². The number of sulfonamides is 1. The van der Waals surface area contributed by atoms with E-state index in [0.717, 1.165) is 23.9 Å². The molecular formula is C22H13ClF3N3O4S2. The number of para-hydroxylation sites is 1. The van der Waals surface area contributed by atoms with Gasteiger partial charge in [0.05, 0.1) is 32.9 Å². The van der Waals surface area contributed by atoms with Crippen molar-refractivity contribution >= 4 is 56.0 Å². The average Bonchev–Trinajstić information content (AvgIpc) is 3.27. The molecule has 0 aliphatic carbocycles. The zero-order chi connectivity index (χ0) is 25.1. The molecule has 1 N–H and O–H groups in total. The van der Waals surface area contributed by atoms with E-state index in [1.165, 1.54) is 42.5 Å². The largest absolute Gasteiger partial charge is 0.480 e. The molecule has 35 heavy (non-hydrogen) atoms. The normalized spacial score (nSPS) is 19.5. The molecule has 1 aliphatic heterocycles. The van der Waals surface area contributed by atoms with Gasteiger partial charge in [-0.2, -0.15) is 21.9 Å². The Balaban J connectivity index is 1.86. The summed E-state index contributed by atoms with van der Waals surface area (Å²) in [4.78, 5) is 12.3. The number of alkyl halides is 3. The summed E-state index contributed by atoms with van der Waals surface area (Å²) in [5, 5.41) is 10.4. The minimum atomic E-state index is -4.93. The molecule has 2 heterocycles. The first-order chi connectivity index (χ1) is 16.5. The van der Waals surface area contributed by atoms with E-state index in [2.05, 4.69) is 8.75 Å². The Bertz CT molecular complexity index is 1590. The molecule has 2 unspecified atom stereocenters. The van der Waals surface area contributed by atoms with Crippen molar-refractivity contribution in [2.24, 2.45) is 0 Å². The van der Waals surface area contributed by atoms with Crippen LogP contribution in [0, 0.1) is 0 Å². The fraction of sp³-hybridized carbons (Fsp3) is 0.136. The van der Waals surface area contributed by atoms with Crippen LogP contribution in [0.25, 0.3) is 11.0 Å². The van der Waals surface area contributed by atoms with Crippen molar-refractivity contribution in [2.75, 3.05) is 4.31 Å². The van der Waals surface area contributed by atoms with Gasteiger partial charge in [-0.3, -0.25) is 4.31 Å². The third-order valence-corrected chi connectivity index (χ3v) is 8.46. The third-order valence-electron chi connectivity index (χ3n) is 5.76. The van der Waals surface area contributed by atoms with Crippen molar-refractivity contribution in [3.63, 3.8) is 0 Å². The smallest absolute Gasteiger partial charge is 0.418 e. The number of aliphatic carboxylic acids is 1. The lowest BCUT2D eigenvalue weighted by atomic mass is 9.84. The number of carboxylic acid groups (broad SMARTS) is 1. The average molecular weight is 540 g/mol. The highest BCUT2D eigenvalue weighted by Gasteiger charge is 2.51. The Hall–Kier alpha value is -3.22. The second-order valence-corrected chi connectivity index (χ2v) is 10.5. The van der Waals surface area contributed by atoms with Crippen molar-refractivity contribution < 1.29 is 31.5 Å². The number of fused-ring (bicyclic) bond motifs is 2. The van der Waals surface area contributed by atoms with E-state index in [-0.39, 0.29) is 21.0 Å². The quantitative estimate of drug-likeness (QED) is 0.386. The van der Waals surface area contributed by atoms with Gasteiger partial charge in [-0.15, -0.1) is 0 Å². The highest BCUT2D eigenvalue weighted by molar-refractivity contribution is 7.93. The van der Waals surface area contributed by atoms with Gasteiger partial charge in [-0.1, -0.05) is 41.9 Å². The van der Waals surface area contributed by atoms with Gasteiger partial charge in [0.15, 0.2) is 6.04 Å². The number of carboxylic acids is 1. The Kier molecular flexibility index (Phi) is 5.49. The molecular weight excluding hydrogens is 527 g/mol. The zero-order valence-corrected chi connectivity index (χ0v) is 19.7. The fourth-order valence-corrected chi connectivity index (χ4v) is 7.11. The molecule has 4 aromatic rings. The standard InChI is InChI=1S/C22H13ClF3N3O4S2/c23-14-9-11(10-15-19(14)28-34-27-15)18-12-5-1-4-8-17(12)35(32,33)29(20(18)21(30)31)16-7-3-2-6-13(16)22(24,25)26/h1-10,18,20H,(H,30,31). The number of hydrogen-bond donors (Lipinski definition) is 1. The monoisotopic (exact) mass is 539 g/mol. The summed E-state index contributed by atoms with van der Waals surface area (Å²) in [6.07, 6.45) is -4.93. The summed E-state index contributed by atoms with van der Waals surface area (Å²) in [6.45, 7) is 0. The van der Waals surface area contributed by atoms with Gasteiger partial charge in [0.25, 0.3) is 10.0 Å². The maximum absolute atomic E-state index is 13.9. The summed E-state index contributed by atoms with van der Waals surface area (Å²) >= 11 is 7.23. The molecule has 0 radical (unpaired) electrons. The van der Waals surface area contributed by atoms with E-state index >= 15 is 0 Å². The number of nitrogens with zero attached hydrogens (tertiary/aromatic N) is 3. The first kappa shape index (κ1) is 23.5. The molecule has 0 fully saturated rings. The molecule has 0 spiro atoms. The molecule has 3 aromatic carbocycles. The number of carbonyl (C=O) groups is 1. The Morgan fingerprint density at radius 2 is 1.74 bits per heavy atom. The first-order valence-corrected chi connectivity index (χ1v) is 12.5. The van der Waals surface area contributed by atoms with E-state index < -0.39 is 45.4 Å². The highest BCUT2D eigenvalue weighted by Crippen LogP contribution is 2.48. The molecule has 13 heteroatoms. The predicted molar refractivity (Wildman–Crippen MR) is 123 cm³/mol. The topological polar surface area (TPSA) is 100 Å². The van der Waals surface area contributed by atoms with Gasteiger partial charge >= 0.3 is 12.1 Å². The summed E-state index contributed by atoms with van der Waals surface area (Å²) in [7, 11) is -4.70. The van der Waals surface area contributed by atoms with Gasteiger partial charge in [0.1, 0.15) is 11.0 Å². The number of rotatable bonds is 3. The number of anilines is 1. The summed E-state index contributed by atoms with van der Waals surface area (Å²) in [6, 6.07) is 10.6. The van der Waals surface area contributed by atoms with E-state index in [0.29, 0.717) is 21.4 Å². The molecule has 5 rings (SSSR count). The maximum Gasteiger partial charge on any atom is 0.418 e. The second-order valence-electron chi connectivity index (χ2n) is 7.75. The van der Waals surface area contributed by atoms with E-state index in [1.54, 1.807) is 0 Å². The molecule has 2 atom stereocenters. The van der Waals surface area contributed by atoms with Crippen molar-refractivity contribution in [1.82, 2.24) is 8.75 Å². The molecule has 0 saturated heterocycles. The summed E-state index contributed by atoms with van der Waals surface area (Å²) in [5.74, 6) is -2.82. The zero-order valence-electron chi connectivity index (χ0n) is 17.3. The van der Waals surface area contributed by atoms with Crippen molar-refractivity contribution in [1.29, 1.82) is 0 Å². The van der Waals surface area contributed by atoms with Crippen molar-refractivity contribution in [2.45, 2.75) is 23.0 Å². The van der Waals surface area contributed by atoms with Gasteiger partial charge in [0.2, 0.25) is 0 Å². The SMILES string of the molecule is O=C(O)C1C(c2cc(Cl)c3nsnc3c2)c2ccccc2S(=O)(=O)N1c1ccccc1C(F)(F)F. The van der Waals surface area contributed by atoms with Crippen LogP contribution >= 0.6 is 23.3 Å². The number of aromatic nitrogens is 2. The third kappa shape index (κ3) is 3.72. The van der Waals surface area contributed by atoms with Crippen LogP contribution in [0.4, 0.5) is 18.9 Å². The lowest BCUT2D eigenvalue weighted by Crippen LogP contribution is -2.53. The van der Waals surface area contributed by atoms with Crippen LogP contribution in [0.5, 0.6) is 0 Å². The lowest BCUT2D eigenvalue weighted by molar-refractivity contribution is -0.140. The van der Waals surface area contributed by atoms with Crippen LogP contribution in [-0.4, -0.2) is 34.3 Å². The maximum atomic E-state index is 13.9. The minimum absolute atomic E-state index is 0.124. The van der Waals surface area contributed by atoms with E-state index in [9.17, 15) is 31.5 Å². The highest BCUT2D eigenvalue weighted by atomic mass is 35.5. The molecule has 180 valence electrons. The Morgan fingerprint density at radius 3 is 2.46 bits per heavy atom. The van der Waals surface area contributed by atoms with Gasteiger partial charge in [-0.25, -0.2) is 13.2 Å². The van der Waals surface area contributed by atoms with Crippen LogP contribution in [0.1, 0.15) is 22.6 Å². The molecule has 1 aliphatic rings. The first-order valence-electron chi connectivity index (χ1n) is 9.96. The van der Waals surface area contributed by atoms with Crippen molar-refractivity contribution in [3.8, 4) is 0 Å². The molecule has 0 amide bonds. The number of halogens is 4. The van der Waals surface area contributed by atoms with Gasteiger partial charge < -0.3 is 5.11 Å². The Morgan fingerprint density at radius 1 is 1.06 bits per heavy atom. The molecule has 7 nitrogen and oxygen atoms in total.